The highest BCUT2D eigenvalue weighted by atomic mass is 16.6. The summed E-state index contributed by atoms with van der Waals surface area (Å²) in [6, 6.07) is 18.7. The summed E-state index contributed by atoms with van der Waals surface area (Å²) in [6.45, 7) is 5.63. The third kappa shape index (κ3) is 3.73. The SMILES string of the molecule is CC(C)(C)OC(=O)NC1(c2cccc(-c3ccccc3)c2)CC1. The zero-order valence-electron chi connectivity index (χ0n) is 13.9. The maximum Gasteiger partial charge on any atom is 0.408 e. The van der Waals surface area contributed by atoms with Crippen LogP contribution in [0.25, 0.3) is 11.1 Å². The van der Waals surface area contributed by atoms with E-state index in [1.165, 1.54) is 11.1 Å². The van der Waals surface area contributed by atoms with Crippen LogP contribution < -0.4 is 5.32 Å². The number of rotatable bonds is 3. The van der Waals surface area contributed by atoms with E-state index in [1.807, 2.05) is 39.0 Å². The Bertz CT molecular complexity index is 697. The van der Waals surface area contributed by atoms with Crippen LogP contribution in [0.3, 0.4) is 0 Å². The lowest BCUT2D eigenvalue weighted by molar-refractivity contribution is 0.0495. The molecule has 1 amide bonds. The lowest BCUT2D eigenvalue weighted by Crippen LogP contribution is -2.39. The molecule has 0 heterocycles. The summed E-state index contributed by atoms with van der Waals surface area (Å²) in [5.74, 6) is 0. The van der Waals surface area contributed by atoms with E-state index in [0.29, 0.717) is 0 Å². The minimum Gasteiger partial charge on any atom is -0.444 e. The molecule has 0 unspecified atom stereocenters. The summed E-state index contributed by atoms with van der Waals surface area (Å²) in [6.07, 6.45) is 1.55. The van der Waals surface area contributed by atoms with E-state index in [9.17, 15) is 4.79 Å². The van der Waals surface area contributed by atoms with Crippen LogP contribution in [-0.4, -0.2) is 11.7 Å². The summed E-state index contributed by atoms with van der Waals surface area (Å²) in [5.41, 5.74) is 2.74. The minimum absolute atomic E-state index is 0.271. The van der Waals surface area contributed by atoms with Gasteiger partial charge < -0.3 is 10.1 Å². The molecular weight excluding hydrogens is 286 g/mol. The highest BCUT2D eigenvalue weighted by Crippen LogP contribution is 2.46. The van der Waals surface area contributed by atoms with Gasteiger partial charge in [0.15, 0.2) is 0 Å². The van der Waals surface area contributed by atoms with Gasteiger partial charge in [-0.15, -0.1) is 0 Å². The van der Waals surface area contributed by atoms with Gasteiger partial charge in [0.25, 0.3) is 0 Å². The summed E-state index contributed by atoms with van der Waals surface area (Å²) in [4.78, 5) is 12.1. The second-order valence-corrected chi connectivity index (χ2v) is 7.16. The van der Waals surface area contributed by atoms with Crippen molar-refractivity contribution in [1.29, 1.82) is 0 Å². The van der Waals surface area contributed by atoms with Crippen molar-refractivity contribution in [3.63, 3.8) is 0 Å². The number of hydrogen-bond acceptors (Lipinski definition) is 2. The first kappa shape index (κ1) is 15.6. The Labute approximate surface area is 137 Å². The van der Waals surface area contributed by atoms with Crippen LogP contribution in [0.2, 0.25) is 0 Å². The maximum absolute atomic E-state index is 12.1. The van der Waals surface area contributed by atoms with Crippen molar-refractivity contribution < 1.29 is 9.53 Å². The molecule has 0 aliphatic heterocycles. The molecule has 23 heavy (non-hydrogen) atoms. The summed E-state index contributed by atoms with van der Waals surface area (Å²) in [5, 5.41) is 3.06. The first-order chi connectivity index (χ1) is 10.9. The number of hydrogen-bond donors (Lipinski definition) is 1. The van der Waals surface area contributed by atoms with Crippen LogP contribution in [0, 0.1) is 0 Å². The van der Waals surface area contributed by atoms with Crippen molar-refractivity contribution in [2.45, 2.75) is 44.8 Å². The molecule has 0 saturated heterocycles. The van der Waals surface area contributed by atoms with Gasteiger partial charge in [0.1, 0.15) is 5.60 Å². The van der Waals surface area contributed by atoms with E-state index in [2.05, 4.69) is 41.7 Å². The van der Waals surface area contributed by atoms with Crippen molar-refractivity contribution in [2.24, 2.45) is 0 Å². The fourth-order valence-electron chi connectivity index (χ4n) is 2.74. The zero-order valence-corrected chi connectivity index (χ0v) is 13.9. The molecular formula is C20H23NO2. The van der Waals surface area contributed by atoms with Crippen LogP contribution in [0.1, 0.15) is 39.2 Å². The molecule has 1 aliphatic rings. The molecule has 0 radical (unpaired) electrons. The summed E-state index contributed by atoms with van der Waals surface area (Å²) in [7, 11) is 0. The van der Waals surface area contributed by atoms with Crippen molar-refractivity contribution in [3.05, 3.63) is 60.2 Å². The lowest BCUT2D eigenvalue weighted by atomic mass is 9.98. The molecule has 120 valence electrons. The van der Waals surface area contributed by atoms with Crippen LogP contribution in [-0.2, 0) is 10.3 Å². The fourth-order valence-corrected chi connectivity index (χ4v) is 2.74. The average Bonchev–Trinajstić information content (AvgIpc) is 3.27. The summed E-state index contributed by atoms with van der Waals surface area (Å²) < 4.78 is 5.40. The molecule has 0 spiro atoms. The Morgan fingerprint density at radius 1 is 1.00 bits per heavy atom. The molecule has 0 bridgehead atoms. The van der Waals surface area contributed by atoms with Gasteiger partial charge in [0.2, 0.25) is 0 Å². The van der Waals surface area contributed by atoms with Gasteiger partial charge in [-0.05, 0) is 56.4 Å². The highest BCUT2D eigenvalue weighted by Gasteiger charge is 2.46. The molecule has 3 nitrogen and oxygen atoms in total. The third-order valence-electron chi connectivity index (χ3n) is 4.01. The molecule has 0 aromatic heterocycles. The predicted molar refractivity (Wildman–Crippen MR) is 92.2 cm³/mol. The first-order valence-corrected chi connectivity index (χ1v) is 8.05. The largest absolute Gasteiger partial charge is 0.444 e. The van der Waals surface area contributed by atoms with Gasteiger partial charge in [-0.1, -0.05) is 48.5 Å². The summed E-state index contributed by atoms with van der Waals surface area (Å²) >= 11 is 0. The van der Waals surface area contributed by atoms with Gasteiger partial charge in [-0.3, -0.25) is 0 Å². The lowest BCUT2D eigenvalue weighted by Gasteiger charge is -2.24. The van der Waals surface area contributed by atoms with Crippen LogP contribution in [0.15, 0.2) is 54.6 Å². The molecule has 1 fully saturated rings. The molecule has 1 N–H and O–H groups in total. The van der Waals surface area contributed by atoms with Crippen molar-refractivity contribution in [1.82, 2.24) is 5.32 Å². The Balaban J connectivity index is 1.80. The molecule has 1 aliphatic carbocycles. The number of carbonyl (C=O) groups is 1. The molecule has 2 aromatic rings. The number of nitrogens with one attached hydrogen (secondary N) is 1. The second-order valence-electron chi connectivity index (χ2n) is 7.16. The smallest absolute Gasteiger partial charge is 0.408 e. The van der Waals surface area contributed by atoms with Crippen molar-refractivity contribution >= 4 is 6.09 Å². The van der Waals surface area contributed by atoms with E-state index >= 15 is 0 Å². The van der Waals surface area contributed by atoms with Gasteiger partial charge in [-0.2, -0.15) is 0 Å². The van der Waals surface area contributed by atoms with Crippen LogP contribution in [0.4, 0.5) is 4.79 Å². The standard InChI is InChI=1S/C20H23NO2/c1-19(2,3)23-18(22)21-20(12-13-20)17-11-7-10-16(14-17)15-8-5-4-6-9-15/h4-11,14H,12-13H2,1-3H3,(H,21,22). The van der Waals surface area contributed by atoms with Crippen molar-refractivity contribution in [2.75, 3.05) is 0 Å². The zero-order chi connectivity index (χ0) is 16.5. The van der Waals surface area contributed by atoms with E-state index in [-0.39, 0.29) is 11.6 Å². The average molecular weight is 309 g/mol. The Hall–Kier alpha value is -2.29. The number of benzene rings is 2. The molecule has 3 rings (SSSR count). The number of alkyl carbamates (subject to hydrolysis) is 1. The number of ether oxygens (including phenoxy) is 1. The molecule has 0 atom stereocenters. The van der Waals surface area contributed by atoms with Crippen molar-refractivity contribution in [3.8, 4) is 11.1 Å². The molecule has 2 aromatic carbocycles. The Kier molecular flexibility index (Phi) is 3.88. The molecule has 1 saturated carbocycles. The maximum atomic E-state index is 12.1. The van der Waals surface area contributed by atoms with Gasteiger partial charge in [-0.25, -0.2) is 4.79 Å². The second kappa shape index (κ2) is 5.73. The third-order valence-corrected chi connectivity index (χ3v) is 4.01. The minimum atomic E-state index is -0.480. The highest BCUT2D eigenvalue weighted by molar-refractivity contribution is 5.71. The van der Waals surface area contributed by atoms with E-state index in [1.54, 1.807) is 0 Å². The van der Waals surface area contributed by atoms with Gasteiger partial charge in [0, 0.05) is 0 Å². The van der Waals surface area contributed by atoms with Crippen LogP contribution in [0.5, 0.6) is 0 Å². The normalized spacial score (nSPS) is 15.8. The molecule has 3 heteroatoms. The first-order valence-electron chi connectivity index (χ1n) is 8.05. The number of carbonyl (C=O) groups excluding carboxylic acids is 1. The van der Waals surface area contributed by atoms with E-state index in [4.69, 9.17) is 4.74 Å². The number of amides is 1. The van der Waals surface area contributed by atoms with Gasteiger partial charge in [0.05, 0.1) is 5.54 Å². The van der Waals surface area contributed by atoms with E-state index < -0.39 is 5.60 Å². The van der Waals surface area contributed by atoms with Gasteiger partial charge >= 0.3 is 6.09 Å². The topological polar surface area (TPSA) is 38.3 Å². The van der Waals surface area contributed by atoms with Crippen LogP contribution >= 0.6 is 0 Å². The monoisotopic (exact) mass is 309 g/mol. The fraction of sp³-hybridized carbons (Fsp3) is 0.350. The quantitative estimate of drug-likeness (QED) is 0.878. The predicted octanol–water partition coefficient (Wildman–Crippen LogP) is 4.87. The van der Waals surface area contributed by atoms with E-state index in [0.717, 1.165) is 18.4 Å². The Morgan fingerprint density at radius 2 is 1.65 bits per heavy atom. The Morgan fingerprint density at radius 3 is 2.26 bits per heavy atom.